The van der Waals surface area contributed by atoms with Crippen LogP contribution in [0.1, 0.15) is 22.3 Å². The molecule has 25 heavy (non-hydrogen) atoms. The van der Waals surface area contributed by atoms with E-state index in [2.05, 4.69) is 6.07 Å². The lowest BCUT2D eigenvalue weighted by atomic mass is 10.1. The lowest BCUT2D eigenvalue weighted by Gasteiger charge is -2.17. The van der Waals surface area contributed by atoms with E-state index in [4.69, 9.17) is 0 Å². The summed E-state index contributed by atoms with van der Waals surface area (Å²) in [6.07, 6.45) is 4.23. The van der Waals surface area contributed by atoms with Gasteiger partial charge in [0, 0.05) is 40.0 Å². The van der Waals surface area contributed by atoms with Crippen molar-refractivity contribution < 1.29 is 4.79 Å². The third kappa shape index (κ3) is 4.15. The minimum atomic E-state index is -0.427. The lowest BCUT2D eigenvalue weighted by Crippen LogP contribution is -2.37. The summed E-state index contributed by atoms with van der Waals surface area (Å²) in [6.45, 7) is 4.54. The van der Waals surface area contributed by atoms with Crippen molar-refractivity contribution in [2.75, 3.05) is 7.05 Å². The highest BCUT2D eigenvalue weighted by Gasteiger charge is 2.09. The molecular weight excluding hydrogens is 318 g/mol. The Bertz CT molecular complexity index is 951. The molecule has 132 valence electrons. The first-order valence-corrected chi connectivity index (χ1v) is 7.96. The van der Waals surface area contributed by atoms with Crippen molar-refractivity contribution in [1.82, 2.24) is 14.0 Å². The van der Waals surface area contributed by atoms with Crippen molar-refractivity contribution in [3.05, 3.63) is 73.6 Å². The Balaban J connectivity index is 2.17. The molecule has 0 fully saturated rings. The fraction of sp³-hybridized carbons (Fsp3) is 0.316. The molecule has 0 spiro atoms. The molecule has 0 radical (unpaired) electrons. The minimum absolute atomic E-state index is 0.212. The number of aromatic nitrogens is 2. The molecular formula is C19H23N3O3. The van der Waals surface area contributed by atoms with E-state index in [0.29, 0.717) is 6.54 Å². The number of aryl methyl sites for hydroxylation is 3. The standard InChI is InChI=1S/C19H23N3O3/c1-13-6-7-15(14(2)10-13)11-20(3)17(23)9-8-16-12-21(4)19(25)22(5)18(16)24/h6-10,12H,11H2,1-5H3. The van der Waals surface area contributed by atoms with E-state index in [0.717, 1.165) is 15.7 Å². The minimum Gasteiger partial charge on any atom is -0.338 e. The van der Waals surface area contributed by atoms with Gasteiger partial charge in [-0.05, 0) is 31.1 Å². The van der Waals surface area contributed by atoms with E-state index in [1.54, 1.807) is 19.0 Å². The van der Waals surface area contributed by atoms with Gasteiger partial charge in [-0.15, -0.1) is 0 Å². The number of benzene rings is 1. The van der Waals surface area contributed by atoms with Gasteiger partial charge in [0.2, 0.25) is 5.91 Å². The summed E-state index contributed by atoms with van der Waals surface area (Å²) in [6, 6.07) is 6.11. The van der Waals surface area contributed by atoms with Gasteiger partial charge in [0.05, 0.1) is 5.56 Å². The molecule has 1 aromatic heterocycles. The summed E-state index contributed by atoms with van der Waals surface area (Å²) in [5, 5.41) is 0. The molecule has 0 atom stereocenters. The second kappa shape index (κ2) is 7.34. The molecule has 0 saturated heterocycles. The van der Waals surface area contributed by atoms with Gasteiger partial charge >= 0.3 is 5.69 Å². The quantitative estimate of drug-likeness (QED) is 0.789. The van der Waals surface area contributed by atoms with E-state index in [1.807, 2.05) is 26.0 Å². The zero-order valence-corrected chi connectivity index (χ0v) is 15.2. The molecule has 0 aliphatic carbocycles. The van der Waals surface area contributed by atoms with Gasteiger partial charge in [0.15, 0.2) is 0 Å². The summed E-state index contributed by atoms with van der Waals surface area (Å²) in [4.78, 5) is 37.6. The van der Waals surface area contributed by atoms with Gasteiger partial charge in [-0.25, -0.2) is 4.79 Å². The van der Waals surface area contributed by atoms with Crippen LogP contribution >= 0.6 is 0 Å². The number of carbonyl (C=O) groups is 1. The number of hydrogen-bond donors (Lipinski definition) is 0. The summed E-state index contributed by atoms with van der Waals surface area (Å²) >= 11 is 0. The average molecular weight is 341 g/mol. The van der Waals surface area contributed by atoms with Gasteiger partial charge in [0.1, 0.15) is 0 Å². The molecule has 6 heteroatoms. The molecule has 1 heterocycles. The highest BCUT2D eigenvalue weighted by molar-refractivity contribution is 5.91. The van der Waals surface area contributed by atoms with Crippen LogP contribution in [-0.4, -0.2) is 27.0 Å². The van der Waals surface area contributed by atoms with Crippen LogP contribution in [0.25, 0.3) is 6.08 Å². The van der Waals surface area contributed by atoms with Crippen LogP contribution in [0.2, 0.25) is 0 Å². The van der Waals surface area contributed by atoms with Crippen LogP contribution < -0.4 is 11.2 Å². The van der Waals surface area contributed by atoms with Crippen LogP contribution in [0, 0.1) is 13.8 Å². The SMILES string of the molecule is Cc1ccc(CN(C)C(=O)C=Cc2cn(C)c(=O)n(C)c2=O)c(C)c1. The molecule has 0 saturated carbocycles. The molecule has 1 amide bonds. The predicted octanol–water partition coefficient (Wildman–Crippen LogP) is 1.37. The van der Waals surface area contributed by atoms with E-state index < -0.39 is 11.2 Å². The van der Waals surface area contributed by atoms with E-state index >= 15 is 0 Å². The van der Waals surface area contributed by atoms with Gasteiger partial charge < -0.3 is 9.47 Å². The van der Waals surface area contributed by atoms with E-state index in [-0.39, 0.29) is 11.5 Å². The zero-order valence-electron chi connectivity index (χ0n) is 15.2. The number of hydrogen-bond acceptors (Lipinski definition) is 3. The maximum atomic E-state index is 12.3. The van der Waals surface area contributed by atoms with Crippen LogP contribution in [0.15, 0.2) is 40.1 Å². The fourth-order valence-electron chi connectivity index (χ4n) is 2.60. The maximum Gasteiger partial charge on any atom is 0.330 e. The molecule has 0 N–H and O–H groups in total. The Hall–Kier alpha value is -2.89. The van der Waals surface area contributed by atoms with Crippen molar-refractivity contribution >= 4 is 12.0 Å². The van der Waals surface area contributed by atoms with Gasteiger partial charge in [-0.3, -0.25) is 14.2 Å². The second-order valence-electron chi connectivity index (χ2n) is 6.30. The molecule has 2 aromatic rings. The first kappa shape index (κ1) is 18.4. The Labute approximate surface area is 146 Å². The molecule has 2 rings (SSSR count). The van der Waals surface area contributed by atoms with Gasteiger partial charge in [0.25, 0.3) is 5.56 Å². The largest absolute Gasteiger partial charge is 0.338 e. The Morgan fingerprint density at radius 3 is 2.52 bits per heavy atom. The molecule has 1 aromatic carbocycles. The highest BCUT2D eigenvalue weighted by Crippen LogP contribution is 2.12. The summed E-state index contributed by atoms with van der Waals surface area (Å²) in [5.74, 6) is -0.212. The topological polar surface area (TPSA) is 64.3 Å². The number of carbonyl (C=O) groups excluding carboxylic acids is 1. The number of amides is 1. The smallest absolute Gasteiger partial charge is 0.330 e. The first-order valence-electron chi connectivity index (χ1n) is 7.96. The Morgan fingerprint density at radius 2 is 1.88 bits per heavy atom. The van der Waals surface area contributed by atoms with Crippen LogP contribution in [0.5, 0.6) is 0 Å². The third-order valence-electron chi connectivity index (χ3n) is 4.16. The van der Waals surface area contributed by atoms with Crippen LogP contribution in [0.4, 0.5) is 0 Å². The fourth-order valence-corrected chi connectivity index (χ4v) is 2.60. The van der Waals surface area contributed by atoms with Crippen molar-refractivity contribution in [3.8, 4) is 0 Å². The molecule has 0 bridgehead atoms. The van der Waals surface area contributed by atoms with E-state index in [9.17, 15) is 14.4 Å². The first-order chi connectivity index (χ1) is 11.7. The zero-order chi connectivity index (χ0) is 18.7. The van der Waals surface area contributed by atoms with Gasteiger partial charge in [-0.2, -0.15) is 0 Å². The normalized spacial score (nSPS) is 11.1. The predicted molar refractivity (Wildman–Crippen MR) is 98.3 cm³/mol. The number of nitrogens with zero attached hydrogens (tertiary/aromatic N) is 3. The lowest BCUT2D eigenvalue weighted by molar-refractivity contribution is -0.125. The second-order valence-corrected chi connectivity index (χ2v) is 6.30. The van der Waals surface area contributed by atoms with E-state index in [1.165, 1.54) is 35.5 Å². The number of rotatable bonds is 4. The molecule has 6 nitrogen and oxygen atoms in total. The van der Waals surface area contributed by atoms with Crippen LogP contribution in [-0.2, 0) is 25.4 Å². The monoisotopic (exact) mass is 341 g/mol. The van der Waals surface area contributed by atoms with Crippen molar-refractivity contribution in [3.63, 3.8) is 0 Å². The summed E-state index contributed by atoms with van der Waals surface area (Å²) in [5.41, 5.74) is 2.85. The summed E-state index contributed by atoms with van der Waals surface area (Å²) < 4.78 is 2.33. The Morgan fingerprint density at radius 1 is 1.20 bits per heavy atom. The molecule has 0 unspecified atom stereocenters. The third-order valence-corrected chi connectivity index (χ3v) is 4.16. The molecule has 0 aliphatic rings. The van der Waals surface area contributed by atoms with Crippen LogP contribution in [0.3, 0.4) is 0 Å². The summed E-state index contributed by atoms with van der Waals surface area (Å²) in [7, 11) is 4.69. The van der Waals surface area contributed by atoms with Crippen molar-refractivity contribution in [2.24, 2.45) is 14.1 Å². The Kier molecular flexibility index (Phi) is 5.41. The van der Waals surface area contributed by atoms with Gasteiger partial charge in [-0.1, -0.05) is 23.8 Å². The maximum absolute atomic E-state index is 12.3. The highest BCUT2D eigenvalue weighted by atomic mass is 16.2. The average Bonchev–Trinajstić information content (AvgIpc) is 2.57. The number of likely N-dealkylation sites (N-methyl/N-ethyl adjacent to an activating group) is 1. The van der Waals surface area contributed by atoms with Crippen molar-refractivity contribution in [2.45, 2.75) is 20.4 Å². The van der Waals surface area contributed by atoms with Crippen molar-refractivity contribution in [1.29, 1.82) is 0 Å². The molecule has 0 aliphatic heterocycles.